The van der Waals surface area contributed by atoms with Gasteiger partial charge in [-0.1, -0.05) is 36.5 Å². The van der Waals surface area contributed by atoms with Crippen LogP contribution in [-0.4, -0.2) is 80.7 Å². The van der Waals surface area contributed by atoms with Crippen molar-refractivity contribution in [2.45, 2.75) is 69.0 Å². The number of aliphatic hydroxyl groups is 1. The van der Waals surface area contributed by atoms with Crippen LogP contribution in [-0.2, 0) is 24.2 Å². The van der Waals surface area contributed by atoms with E-state index in [0.717, 1.165) is 5.57 Å². The van der Waals surface area contributed by atoms with Crippen molar-refractivity contribution in [3.63, 3.8) is 0 Å². The summed E-state index contributed by atoms with van der Waals surface area (Å²) in [5.41, 5.74) is 6.94. The Labute approximate surface area is 231 Å². The maximum absolute atomic E-state index is 13.4. The van der Waals surface area contributed by atoms with Crippen molar-refractivity contribution in [2.24, 2.45) is 5.92 Å². The van der Waals surface area contributed by atoms with Crippen molar-refractivity contribution < 1.29 is 32.5 Å². The Hall–Kier alpha value is -2.70. The molecule has 0 spiro atoms. The summed E-state index contributed by atoms with van der Waals surface area (Å²) in [4.78, 5) is 13.2. The molecular formula is C28H41N3O7S. The van der Waals surface area contributed by atoms with Gasteiger partial charge < -0.3 is 30.4 Å². The fourth-order valence-corrected chi connectivity index (χ4v) is 6.42. The summed E-state index contributed by atoms with van der Waals surface area (Å²) in [5, 5.41) is 12.3. The first-order chi connectivity index (χ1) is 18.5. The molecule has 0 aromatic heterocycles. The third-order valence-electron chi connectivity index (χ3n) is 6.96. The summed E-state index contributed by atoms with van der Waals surface area (Å²) in [7, 11) is -3.82. The van der Waals surface area contributed by atoms with Gasteiger partial charge in [-0.15, -0.1) is 0 Å². The minimum atomic E-state index is -3.82. The summed E-state index contributed by atoms with van der Waals surface area (Å²) in [5.74, 6) is -0.121. The lowest BCUT2D eigenvalue weighted by Crippen LogP contribution is -2.57. The average molecular weight is 564 g/mol. The molecule has 39 heavy (non-hydrogen) atoms. The molecule has 2 fully saturated rings. The predicted molar refractivity (Wildman–Crippen MR) is 149 cm³/mol. The maximum Gasteiger partial charge on any atom is 0.407 e. The number of ether oxygens (including phenoxy) is 3. The first kappa shape index (κ1) is 30.8. The summed E-state index contributed by atoms with van der Waals surface area (Å²) in [6.07, 6.45) is 5.81. The van der Waals surface area contributed by atoms with E-state index in [2.05, 4.69) is 11.9 Å². The zero-order valence-electron chi connectivity index (χ0n) is 22.9. The number of morpholine rings is 1. The molecule has 11 heteroatoms. The van der Waals surface area contributed by atoms with Crippen molar-refractivity contribution >= 4 is 21.8 Å². The van der Waals surface area contributed by atoms with Gasteiger partial charge >= 0.3 is 6.09 Å². The van der Waals surface area contributed by atoms with E-state index >= 15 is 0 Å². The molecule has 2 aliphatic heterocycles. The summed E-state index contributed by atoms with van der Waals surface area (Å²) in [6.45, 7) is 10.1. The highest BCUT2D eigenvalue weighted by Gasteiger charge is 2.40. The number of nitrogen functional groups attached to an aromatic ring is 1. The second kappa shape index (κ2) is 14.1. The number of hydrogen-bond donors (Lipinski definition) is 3. The van der Waals surface area contributed by atoms with E-state index in [0.29, 0.717) is 18.5 Å². The number of carbonyl (C=O) groups excluding carboxylic acids is 1. The third-order valence-corrected chi connectivity index (χ3v) is 8.81. The van der Waals surface area contributed by atoms with E-state index in [4.69, 9.17) is 19.9 Å². The van der Waals surface area contributed by atoms with Crippen LogP contribution in [0.5, 0.6) is 0 Å². The molecule has 2 unspecified atom stereocenters. The van der Waals surface area contributed by atoms with E-state index in [9.17, 15) is 18.3 Å². The minimum Gasteiger partial charge on any atom is -0.443 e. The first-order valence-electron chi connectivity index (χ1n) is 13.2. The van der Waals surface area contributed by atoms with Crippen LogP contribution in [0.15, 0.2) is 65.6 Å². The lowest BCUT2D eigenvalue weighted by Gasteiger charge is -2.39. The van der Waals surface area contributed by atoms with E-state index in [1.54, 1.807) is 19.1 Å². The number of benzene rings is 1. The highest BCUT2D eigenvalue weighted by atomic mass is 32.2. The molecule has 2 heterocycles. The molecule has 0 saturated carbocycles. The quantitative estimate of drug-likeness (QED) is 0.276. The molecule has 3 rings (SSSR count). The number of hydrogen-bond acceptors (Lipinski definition) is 8. The molecule has 1 amide bonds. The number of sulfonamides is 1. The molecule has 0 bridgehead atoms. The number of aliphatic hydroxyl groups excluding tert-OH is 1. The number of rotatable bonds is 11. The topological polar surface area (TPSA) is 140 Å². The van der Waals surface area contributed by atoms with Gasteiger partial charge in [-0.05, 0) is 57.9 Å². The molecule has 2 saturated heterocycles. The monoisotopic (exact) mass is 563 g/mol. The highest BCUT2D eigenvalue weighted by Crippen LogP contribution is 2.28. The second-order valence-electron chi connectivity index (χ2n) is 10.0. The zero-order chi connectivity index (χ0) is 28.6. The third kappa shape index (κ3) is 8.39. The van der Waals surface area contributed by atoms with Gasteiger partial charge in [-0.25, -0.2) is 13.2 Å². The van der Waals surface area contributed by atoms with Crippen LogP contribution in [0, 0.1) is 5.92 Å². The first-order valence-corrected chi connectivity index (χ1v) is 14.7. The number of anilines is 1. The average Bonchev–Trinajstić information content (AvgIpc) is 3.22. The Morgan fingerprint density at radius 2 is 2.00 bits per heavy atom. The van der Waals surface area contributed by atoms with Gasteiger partial charge in [0.1, 0.15) is 6.10 Å². The SMILES string of the molecule is C=C(/C=C\C=C/C)C[C@H](NC(=O)O[C@H]1CO[C@@H](C)C1CCO)[C@H]1CN(S(=O)(=O)c2ccc(N)cc2)CC(C)O1. The molecule has 1 aromatic carbocycles. The van der Waals surface area contributed by atoms with Gasteiger partial charge in [-0.2, -0.15) is 4.31 Å². The molecule has 10 nitrogen and oxygen atoms in total. The van der Waals surface area contributed by atoms with Crippen LogP contribution < -0.4 is 11.1 Å². The van der Waals surface area contributed by atoms with Gasteiger partial charge in [-0.3, -0.25) is 0 Å². The Morgan fingerprint density at radius 1 is 1.28 bits per heavy atom. The maximum atomic E-state index is 13.4. The van der Waals surface area contributed by atoms with Gasteiger partial charge in [0, 0.05) is 31.3 Å². The standard InChI is InChI=1S/C28H41N3O7S/c1-5-6-7-8-19(2)15-25(30-28(33)38-27-18-36-21(4)24(27)13-14-32)26-17-31(16-20(3)37-26)39(34,35)23-11-9-22(29)10-12-23/h5-12,20-21,24-27,32H,2,13-18,29H2,1,3-4H3,(H,30,33)/b6-5-,8-7-/t20?,21-,24?,25-,26+,27-/m0/s1. The smallest absolute Gasteiger partial charge is 0.407 e. The van der Waals surface area contributed by atoms with Crippen LogP contribution in [0.2, 0.25) is 0 Å². The summed E-state index contributed by atoms with van der Waals surface area (Å²) in [6, 6.07) is 5.44. The Morgan fingerprint density at radius 3 is 2.67 bits per heavy atom. The molecule has 4 N–H and O–H groups in total. The number of alkyl carbamates (subject to hydrolysis) is 1. The number of carbonyl (C=O) groups is 1. The van der Waals surface area contributed by atoms with Crippen molar-refractivity contribution in [3.8, 4) is 0 Å². The molecule has 2 aliphatic rings. The number of allylic oxidation sites excluding steroid dienone is 4. The van der Waals surface area contributed by atoms with Crippen molar-refractivity contribution in [2.75, 3.05) is 32.0 Å². The second-order valence-corrected chi connectivity index (χ2v) is 12.0. The molecule has 1 aromatic rings. The fraction of sp³-hybridized carbons (Fsp3) is 0.536. The van der Waals surface area contributed by atoms with Crippen molar-refractivity contribution in [1.29, 1.82) is 0 Å². The number of nitrogens with one attached hydrogen (secondary N) is 1. The number of nitrogens with two attached hydrogens (primary N) is 1. The Kier molecular flexibility index (Phi) is 11.1. The van der Waals surface area contributed by atoms with Crippen molar-refractivity contribution in [1.82, 2.24) is 9.62 Å². The lowest BCUT2D eigenvalue weighted by molar-refractivity contribution is -0.0700. The molecule has 0 aliphatic carbocycles. The minimum absolute atomic E-state index is 0.0323. The molecule has 216 valence electrons. The lowest BCUT2D eigenvalue weighted by atomic mass is 9.96. The Balaban J connectivity index is 1.79. The largest absolute Gasteiger partial charge is 0.443 e. The fourth-order valence-electron chi connectivity index (χ4n) is 4.89. The van der Waals surface area contributed by atoms with Crippen LogP contribution in [0.1, 0.15) is 33.6 Å². The summed E-state index contributed by atoms with van der Waals surface area (Å²) >= 11 is 0. The Bertz CT molecular complexity index is 1140. The van der Waals surface area contributed by atoms with Crippen LogP contribution in [0.3, 0.4) is 0 Å². The van der Waals surface area contributed by atoms with E-state index in [-0.39, 0.29) is 43.2 Å². The van der Waals surface area contributed by atoms with E-state index < -0.39 is 40.5 Å². The van der Waals surface area contributed by atoms with Gasteiger partial charge in [0.05, 0.1) is 35.9 Å². The number of amides is 1. The molecule has 0 radical (unpaired) electrons. The van der Waals surface area contributed by atoms with Gasteiger partial charge in [0.2, 0.25) is 10.0 Å². The van der Waals surface area contributed by atoms with E-state index in [1.807, 2.05) is 38.2 Å². The van der Waals surface area contributed by atoms with Gasteiger partial charge in [0.25, 0.3) is 0 Å². The molecular weight excluding hydrogens is 522 g/mol. The van der Waals surface area contributed by atoms with E-state index in [1.165, 1.54) is 16.4 Å². The van der Waals surface area contributed by atoms with Crippen LogP contribution in [0.25, 0.3) is 0 Å². The predicted octanol–water partition coefficient (Wildman–Crippen LogP) is 3.01. The van der Waals surface area contributed by atoms with Crippen LogP contribution >= 0.6 is 0 Å². The van der Waals surface area contributed by atoms with Crippen molar-refractivity contribution in [3.05, 3.63) is 60.7 Å². The normalized spacial score (nSPS) is 27.1. The highest BCUT2D eigenvalue weighted by molar-refractivity contribution is 7.89. The van der Waals surface area contributed by atoms with Gasteiger partial charge in [0.15, 0.2) is 0 Å². The summed E-state index contributed by atoms with van der Waals surface area (Å²) < 4.78 is 45.8. The van der Waals surface area contributed by atoms with Crippen LogP contribution in [0.4, 0.5) is 10.5 Å². The molecule has 6 atom stereocenters. The zero-order valence-corrected chi connectivity index (χ0v) is 23.7. The number of nitrogens with zero attached hydrogens (tertiary/aromatic N) is 1.